The molecule has 0 aliphatic rings. The van der Waals surface area contributed by atoms with E-state index in [0.717, 1.165) is 12.8 Å². The van der Waals surface area contributed by atoms with Crippen molar-refractivity contribution < 1.29 is 9.90 Å². The van der Waals surface area contributed by atoms with Gasteiger partial charge in [0.15, 0.2) is 5.96 Å². The molecule has 0 bridgehead atoms. The number of nitrogens with one attached hydrogen (secondary N) is 1. The van der Waals surface area contributed by atoms with Gasteiger partial charge in [0.1, 0.15) is 6.04 Å². The first-order valence-electron chi connectivity index (χ1n) is 9.30. The molecule has 1 atom stereocenters. The van der Waals surface area contributed by atoms with Crippen LogP contribution in [0.15, 0.2) is 0 Å². The standard InChI is InChI=1S/C18H37N3O2/c1-3-4-5-6-7-8-9-10-11-12-13-14-15-16(17(22)23)21(2)18(19)20/h16H,3-15H2,1-2H3,(H3,19,20)(H,22,23). The van der Waals surface area contributed by atoms with Crippen LogP contribution in [0.5, 0.6) is 0 Å². The molecule has 0 amide bonds. The lowest BCUT2D eigenvalue weighted by Gasteiger charge is -2.24. The lowest BCUT2D eigenvalue weighted by molar-refractivity contribution is -0.141. The van der Waals surface area contributed by atoms with Crippen LogP contribution in [0.4, 0.5) is 0 Å². The highest BCUT2D eigenvalue weighted by Crippen LogP contribution is 2.14. The third-order valence-corrected chi connectivity index (χ3v) is 4.46. The molecule has 136 valence electrons. The Balaban J connectivity index is 3.50. The molecule has 0 saturated carbocycles. The van der Waals surface area contributed by atoms with Gasteiger partial charge in [-0.15, -0.1) is 0 Å². The molecule has 5 nitrogen and oxygen atoms in total. The van der Waals surface area contributed by atoms with Crippen LogP contribution in [0, 0.1) is 5.41 Å². The molecule has 0 radical (unpaired) electrons. The Kier molecular flexibility index (Phi) is 13.6. The van der Waals surface area contributed by atoms with Gasteiger partial charge in [0.05, 0.1) is 0 Å². The number of carboxylic acid groups (broad SMARTS) is 1. The van der Waals surface area contributed by atoms with Crippen LogP contribution < -0.4 is 5.73 Å². The number of nitrogens with zero attached hydrogens (tertiary/aromatic N) is 1. The van der Waals surface area contributed by atoms with E-state index in [1.54, 1.807) is 7.05 Å². The smallest absolute Gasteiger partial charge is 0.326 e. The van der Waals surface area contributed by atoms with Gasteiger partial charge >= 0.3 is 5.97 Å². The molecule has 23 heavy (non-hydrogen) atoms. The van der Waals surface area contributed by atoms with E-state index in [1.165, 1.54) is 69.1 Å². The Hall–Kier alpha value is -1.26. The van der Waals surface area contributed by atoms with E-state index in [1.807, 2.05) is 0 Å². The summed E-state index contributed by atoms with van der Waals surface area (Å²) in [4.78, 5) is 12.5. The predicted octanol–water partition coefficient (Wildman–Crippen LogP) is 4.36. The van der Waals surface area contributed by atoms with E-state index in [4.69, 9.17) is 11.1 Å². The van der Waals surface area contributed by atoms with Crippen molar-refractivity contribution in [1.29, 1.82) is 5.41 Å². The van der Waals surface area contributed by atoms with E-state index in [2.05, 4.69) is 6.92 Å². The van der Waals surface area contributed by atoms with Crippen LogP contribution in [0.1, 0.15) is 90.4 Å². The Morgan fingerprint density at radius 2 is 1.35 bits per heavy atom. The van der Waals surface area contributed by atoms with Crippen molar-refractivity contribution >= 4 is 11.9 Å². The molecule has 0 aromatic carbocycles. The molecule has 0 rings (SSSR count). The number of likely N-dealkylation sites (N-methyl/N-ethyl adjacent to an activating group) is 1. The summed E-state index contributed by atoms with van der Waals surface area (Å²) in [5, 5.41) is 16.5. The molecule has 4 N–H and O–H groups in total. The van der Waals surface area contributed by atoms with Crippen molar-refractivity contribution in [2.75, 3.05) is 7.05 Å². The number of unbranched alkanes of at least 4 members (excludes halogenated alkanes) is 11. The second kappa shape index (κ2) is 14.3. The molecule has 0 aromatic rings. The number of guanidine groups is 1. The first kappa shape index (κ1) is 21.7. The van der Waals surface area contributed by atoms with Crippen LogP contribution in [-0.4, -0.2) is 35.0 Å². The number of aliphatic carboxylic acids is 1. The van der Waals surface area contributed by atoms with Crippen molar-refractivity contribution in [3.8, 4) is 0 Å². The van der Waals surface area contributed by atoms with Gasteiger partial charge in [-0.3, -0.25) is 5.41 Å². The Bertz CT molecular complexity index is 321. The lowest BCUT2D eigenvalue weighted by atomic mass is 10.0. The van der Waals surface area contributed by atoms with Crippen LogP contribution in [0.2, 0.25) is 0 Å². The van der Waals surface area contributed by atoms with Crippen LogP contribution in [-0.2, 0) is 4.79 Å². The van der Waals surface area contributed by atoms with Gasteiger partial charge in [-0.25, -0.2) is 4.79 Å². The molecule has 0 aliphatic carbocycles. The Morgan fingerprint density at radius 3 is 1.70 bits per heavy atom. The van der Waals surface area contributed by atoms with E-state index in [-0.39, 0.29) is 5.96 Å². The van der Waals surface area contributed by atoms with Gasteiger partial charge in [-0.05, 0) is 6.42 Å². The highest BCUT2D eigenvalue weighted by atomic mass is 16.4. The van der Waals surface area contributed by atoms with Gasteiger partial charge in [0.25, 0.3) is 0 Å². The first-order chi connectivity index (χ1) is 11.0. The SMILES string of the molecule is CCCCCCCCCCCCCCC(C(=O)O)N(C)C(=N)N. The summed E-state index contributed by atoms with van der Waals surface area (Å²) in [6.45, 7) is 2.25. The molecule has 1 unspecified atom stereocenters. The van der Waals surface area contributed by atoms with Crippen molar-refractivity contribution in [2.45, 2.75) is 96.4 Å². The van der Waals surface area contributed by atoms with Crippen LogP contribution >= 0.6 is 0 Å². The third kappa shape index (κ3) is 11.9. The second-order valence-electron chi connectivity index (χ2n) is 6.53. The molecule has 0 aromatic heterocycles. The largest absolute Gasteiger partial charge is 0.480 e. The zero-order chi connectivity index (χ0) is 17.5. The molecule has 0 saturated heterocycles. The molecule has 0 aliphatic heterocycles. The van der Waals surface area contributed by atoms with E-state index in [9.17, 15) is 9.90 Å². The fourth-order valence-corrected chi connectivity index (χ4v) is 2.83. The number of rotatable bonds is 15. The van der Waals surface area contributed by atoms with Crippen molar-refractivity contribution in [2.24, 2.45) is 5.73 Å². The van der Waals surface area contributed by atoms with Crippen LogP contribution in [0.25, 0.3) is 0 Å². The lowest BCUT2D eigenvalue weighted by Crippen LogP contribution is -2.45. The zero-order valence-electron chi connectivity index (χ0n) is 15.1. The number of hydrogen-bond acceptors (Lipinski definition) is 2. The Labute approximate surface area is 142 Å². The second-order valence-corrected chi connectivity index (χ2v) is 6.53. The summed E-state index contributed by atoms with van der Waals surface area (Å²) >= 11 is 0. The van der Waals surface area contributed by atoms with E-state index in [0.29, 0.717) is 6.42 Å². The summed E-state index contributed by atoms with van der Waals surface area (Å²) < 4.78 is 0. The Morgan fingerprint density at radius 1 is 0.957 bits per heavy atom. The summed E-state index contributed by atoms with van der Waals surface area (Å²) in [6.07, 6.45) is 15.7. The quantitative estimate of drug-likeness (QED) is 0.237. The summed E-state index contributed by atoms with van der Waals surface area (Å²) in [5.41, 5.74) is 5.36. The van der Waals surface area contributed by atoms with E-state index < -0.39 is 12.0 Å². The van der Waals surface area contributed by atoms with Gasteiger partial charge in [0, 0.05) is 7.05 Å². The fourth-order valence-electron chi connectivity index (χ4n) is 2.83. The fraction of sp³-hybridized carbons (Fsp3) is 0.889. The number of carboxylic acids is 1. The van der Waals surface area contributed by atoms with Crippen molar-refractivity contribution in [3.63, 3.8) is 0 Å². The van der Waals surface area contributed by atoms with Crippen molar-refractivity contribution in [3.05, 3.63) is 0 Å². The van der Waals surface area contributed by atoms with Crippen LogP contribution in [0.3, 0.4) is 0 Å². The molecular weight excluding hydrogens is 290 g/mol. The minimum Gasteiger partial charge on any atom is -0.480 e. The average molecular weight is 328 g/mol. The van der Waals surface area contributed by atoms with Crippen molar-refractivity contribution in [1.82, 2.24) is 4.90 Å². The molecule has 0 heterocycles. The third-order valence-electron chi connectivity index (χ3n) is 4.46. The molecule has 0 fully saturated rings. The monoisotopic (exact) mass is 327 g/mol. The highest BCUT2D eigenvalue weighted by Gasteiger charge is 2.22. The summed E-state index contributed by atoms with van der Waals surface area (Å²) in [5.74, 6) is -1.08. The minimum atomic E-state index is -0.897. The normalized spacial score (nSPS) is 12.1. The maximum absolute atomic E-state index is 11.2. The predicted molar refractivity (Wildman–Crippen MR) is 96.8 cm³/mol. The summed E-state index contributed by atoms with van der Waals surface area (Å²) in [6, 6.07) is -0.671. The van der Waals surface area contributed by atoms with Gasteiger partial charge in [-0.1, -0.05) is 84.0 Å². The summed E-state index contributed by atoms with van der Waals surface area (Å²) in [7, 11) is 1.57. The number of nitrogens with two attached hydrogens (primary N) is 1. The maximum atomic E-state index is 11.2. The van der Waals surface area contributed by atoms with Gasteiger partial charge in [-0.2, -0.15) is 0 Å². The molecule has 5 heteroatoms. The number of carbonyl (C=O) groups is 1. The van der Waals surface area contributed by atoms with E-state index >= 15 is 0 Å². The van der Waals surface area contributed by atoms with Gasteiger partial charge in [0.2, 0.25) is 0 Å². The number of hydrogen-bond donors (Lipinski definition) is 3. The first-order valence-corrected chi connectivity index (χ1v) is 9.30. The maximum Gasteiger partial charge on any atom is 0.326 e. The topological polar surface area (TPSA) is 90.4 Å². The minimum absolute atomic E-state index is 0.184. The molecule has 0 spiro atoms. The van der Waals surface area contributed by atoms with Gasteiger partial charge < -0.3 is 15.7 Å². The highest BCUT2D eigenvalue weighted by molar-refractivity contribution is 5.82. The average Bonchev–Trinajstić information content (AvgIpc) is 2.51. The zero-order valence-corrected chi connectivity index (χ0v) is 15.1. The molecular formula is C18H37N3O2.